The maximum Gasteiger partial charge on any atom is 0.416 e. The van der Waals surface area contributed by atoms with E-state index in [2.05, 4.69) is 41.0 Å². The van der Waals surface area contributed by atoms with Crippen molar-refractivity contribution in [3.8, 4) is 0 Å². The number of nitrogens with one attached hydrogen (secondary N) is 1. The van der Waals surface area contributed by atoms with Crippen LogP contribution in [0.2, 0.25) is 0 Å². The SMILES string of the molecule is CC(C)C1CCCN(c2nc3nc(C(=O)O)nc(NC(C)C4CCC4)c3n2Cc2ccc(C(F)(F)F)cc2)C1. The number of anilines is 2. The molecule has 1 aliphatic heterocycles. The lowest BCUT2D eigenvalue weighted by Gasteiger charge is -2.35. The summed E-state index contributed by atoms with van der Waals surface area (Å²) in [5.41, 5.74) is 0.789. The van der Waals surface area contributed by atoms with E-state index in [-0.39, 0.29) is 24.1 Å². The fraction of sp³-hybridized carbons (Fsp3) is 0.571. The number of carboxylic acid groups (broad SMARTS) is 1. The lowest BCUT2D eigenvalue weighted by molar-refractivity contribution is -0.137. The van der Waals surface area contributed by atoms with E-state index in [9.17, 15) is 23.1 Å². The molecule has 1 saturated heterocycles. The number of piperidine rings is 1. The first-order valence-electron chi connectivity index (χ1n) is 13.7. The van der Waals surface area contributed by atoms with E-state index in [1.807, 2.05) is 4.57 Å². The average Bonchev–Trinajstić information content (AvgIpc) is 3.21. The first-order chi connectivity index (χ1) is 18.5. The standard InChI is InChI=1S/C28H35F3N6O2/c1-16(2)20-8-5-13-36(15-20)27-35-24-22(37(27)14-18-9-11-21(12-10-18)28(29,30)31)23(33-25(34-24)26(38)39)32-17(3)19-6-4-7-19/h9-12,16-17,19-20H,4-8,13-15H2,1-3H3,(H,38,39)(H,32,33,34). The second-order valence-electron chi connectivity index (χ2n) is 11.3. The minimum Gasteiger partial charge on any atom is -0.475 e. The van der Waals surface area contributed by atoms with Crippen LogP contribution in [0.1, 0.15) is 74.6 Å². The molecule has 3 heterocycles. The first kappa shape index (κ1) is 27.2. The van der Waals surface area contributed by atoms with Gasteiger partial charge in [0.15, 0.2) is 11.5 Å². The number of rotatable bonds is 8. The Morgan fingerprint density at radius 1 is 1.05 bits per heavy atom. The Balaban J connectivity index is 1.62. The van der Waals surface area contributed by atoms with Gasteiger partial charge in [0.25, 0.3) is 0 Å². The Hall–Kier alpha value is -3.37. The van der Waals surface area contributed by atoms with E-state index in [0.717, 1.165) is 57.3 Å². The van der Waals surface area contributed by atoms with Gasteiger partial charge in [0.2, 0.25) is 11.8 Å². The molecule has 0 spiro atoms. The van der Waals surface area contributed by atoms with Crippen LogP contribution in [0.15, 0.2) is 24.3 Å². The number of carbonyl (C=O) groups is 1. The highest BCUT2D eigenvalue weighted by Gasteiger charge is 2.32. The second kappa shape index (κ2) is 10.7. The maximum atomic E-state index is 13.2. The third kappa shape index (κ3) is 5.67. The van der Waals surface area contributed by atoms with Crippen molar-refractivity contribution in [1.82, 2.24) is 19.5 Å². The van der Waals surface area contributed by atoms with Crippen LogP contribution in [0.4, 0.5) is 24.9 Å². The Morgan fingerprint density at radius 3 is 2.33 bits per heavy atom. The Labute approximate surface area is 225 Å². The van der Waals surface area contributed by atoms with Gasteiger partial charge < -0.3 is 19.9 Å². The molecule has 0 bridgehead atoms. The summed E-state index contributed by atoms with van der Waals surface area (Å²) in [6.07, 6.45) is 1.03. The summed E-state index contributed by atoms with van der Waals surface area (Å²) in [6, 6.07) is 5.18. The van der Waals surface area contributed by atoms with Gasteiger partial charge in [-0.2, -0.15) is 18.2 Å². The van der Waals surface area contributed by atoms with Crippen molar-refractivity contribution >= 4 is 28.9 Å². The number of aromatic carboxylic acids is 1. The molecule has 5 rings (SSSR count). The summed E-state index contributed by atoms with van der Waals surface area (Å²) in [6.45, 7) is 8.28. The molecule has 8 nitrogen and oxygen atoms in total. The van der Waals surface area contributed by atoms with Crippen LogP contribution in [0.3, 0.4) is 0 Å². The molecule has 2 atom stereocenters. The Morgan fingerprint density at radius 2 is 1.74 bits per heavy atom. The van der Waals surface area contributed by atoms with Gasteiger partial charge in [0.1, 0.15) is 5.52 Å². The molecule has 0 radical (unpaired) electrons. The van der Waals surface area contributed by atoms with E-state index < -0.39 is 17.7 Å². The minimum absolute atomic E-state index is 0.0664. The van der Waals surface area contributed by atoms with Gasteiger partial charge in [0, 0.05) is 19.1 Å². The van der Waals surface area contributed by atoms with Crippen molar-refractivity contribution in [2.45, 2.75) is 71.6 Å². The van der Waals surface area contributed by atoms with Crippen LogP contribution < -0.4 is 10.2 Å². The second-order valence-corrected chi connectivity index (χ2v) is 11.3. The number of fused-ring (bicyclic) bond motifs is 1. The molecule has 2 aromatic heterocycles. The minimum atomic E-state index is -4.42. The van der Waals surface area contributed by atoms with Crippen molar-refractivity contribution in [2.75, 3.05) is 23.3 Å². The molecule has 210 valence electrons. The monoisotopic (exact) mass is 544 g/mol. The molecule has 2 fully saturated rings. The first-order valence-corrected chi connectivity index (χ1v) is 13.7. The highest BCUT2D eigenvalue weighted by Crippen LogP contribution is 2.35. The van der Waals surface area contributed by atoms with Crippen molar-refractivity contribution in [3.05, 3.63) is 41.2 Å². The van der Waals surface area contributed by atoms with Crippen LogP contribution in [0, 0.1) is 17.8 Å². The van der Waals surface area contributed by atoms with Crippen molar-refractivity contribution in [3.63, 3.8) is 0 Å². The van der Waals surface area contributed by atoms with Crippen LogP contribution in [0.25, 0.3) is 11.2 Å². The number of hydrogen-bond donors (Lipinski definition) is 2. The van der Waals surface area contributed by atoms with E-state index in [0.29, 0.717) is 40.6 Å². The molecule has 1 aliphatic carbocycles. The lowest BCUT2D eigenvalue weighted by Crippen LogP contribution is -2.39. The molecule has 11 heteroatoms. The van der Waals surface area contributed by atoms with Gasteiger partial charge in [-0.05, 0) is 68.1 Å². The topological polar surface area (TPSA) is 96.2 Å². The summed E-state index contributed by atoms with van der Waals surface area (Å²) in [7, 11) is 0. The number of aromatic nitrogens is 4. The Kier molecular flexibility index (Phi) is 7.43. The molecule has 39 heavy (non-hydrogen) atoms. The molecule has 2 unspecified atom stereocenters. The van der Waals surface area contributed by atoms with E-state index >= 15 is 0 Å². The highest BCUT2D eigenvalue weighted by molar-refractivity contribution is 5.91. The molecule has 1 saturated carbocycles. The summed E-state index contributed by atoms with van der Waals surface area (Å²) in [5, 5.41) is 13.2. The zero-order chi connectivity index (χ0) is 27.9. The number of halogens is 3. The molecule has 3 aromatic rings. The van der Waals surface area contributed by atoms with Gasteiger partial charge in [-0.25, -0.2) is 14.8 Å². The average molecular weight is 545 g/mol. The van der Waals surface area contributed by atoms with E-state index in [1.54, 1.807) is 0 Å². The number of benzene rings is 1. The van der Waals surface area contributed by atoms with Gasteiger partial charge in [-0.15, -0.1) is 0 Å². The quantitative estimate of drug-likeness (QED) is 0.356. The maximum absolute atomic E-state index is 13.2. The summed E-state index contributed by atoms with van der Waals surface area (Å²) < 4.78 is 41.5. The van der Waals surface area contributed by atoms with Crippen LogP contribution >= 0.6 is 0 Å². The van der Waals surface area contributed by atoms with Crippen molar-refractivity contribution < 1.29 is 23.1 Å². The van der Waals surface area contributed by atoms with E-state index in [4.69, 9.17) is 4.98 Å². The number of carboxylic acids is 1. The smallest absolute Gasteiger partial charge is 0.416 e. The van der Waals surface area contributed by atoms with Gasteiger partial charge in [-0.1, -0.05) is 32.4 Å². The predicted octanol–water partition coefficient (Wildman–Crippen LogP) is 6.06. The number of hydrogen-bond acceptors (Lipinski definition) is 6. The zero-order valence-electron chi connectivity index (χ0n) is 22.5. The number of imidazole rings is 1. The van der Waals surface area contributed by atoms with E-state index in [1.165, 1.54) is 12.1 Å². The normalized spacial score (nSPS) is 19.4. The van der Waals surface area contributed by atoms with Gasteiger partial charge in [-0.3, -0.25) is 0 Å². The van der Waals surface area contributed by atoms with Crippen LogP contribution in [0.5, 0.6) is 0 Å². The third-order valence-corrected chi connectivity index (χ3v) is 8.30. The van der Waals surface area contributed by atoms with Crippen molar-refractivity contribution in [1.29, 1.82) is 0 Å². The van der Waals surface area contributed by atoms with Gasteiger partial charge >= 0.3 is 12.1 Å². The zero-order valence-corrected chi connectivity index (χ0v) is 22.5. The summed E-state index contributed by atoms with van der Waals surface area (Å²) in [5.74, 6) is 0.854. The molecular weight excluding hydrogens is 509 g/mol. The number of nitrogens with zero attached hydrogens (tertiary/aromatic N) is 5. The lowest BCUT2D eigenvalue weighted by atomic mass is 9.80. The van der Waals surface area contributed by atoms with Crippen LogP contribution in [-0.2, 0) is 12.7 Å². The number of alkyl halides is 3. The summed E-state index contributed by atoms with van der Waals surface area (Å²) >= 11 is 0. The van der Waals surface area contributed by atoms with Crippen LogP contribution in [-0.4, -0.2) is 49.7 Å². The predicted molar refractivity (Wildman–Crippen MR) is 143 cm³/mol. The highest BCUT2D eigenvalue weighted by atomic mass is 19.4. The molecular formula is C28H35F3N6O2. The summed E-state index contributed by atoms with van der Waals surface area (Å²) in [4.78, 5) is 27.6. The van der Waals surface area contributed by atoms with Crippen molar-refractivity contribution in [2.24, 2.45) is 17.8 Å². The molecule has 0 amide bonds. The van der Waals surface area contributed by atoms with Gasteiger partial charge in [0.05, 0.1) is 12.1 Å². The molecule has 2 aliphatic rings. The fourth-order valence-corrected chi connectivity index (χ4v) is 5.60. The molecule has 2 N–H and O–H groups in total. The fourth-order valence-electron chi connectivity index (χ4n) is 5.60. The largest absolute Gasteiger partial charge is 0.475 e. The molecule has 1 aromatic carbocycles. The Bertz CT molecular complexity index is 1330. The third-order valence-electron chi connectivity index (χ3n) is 8.30.